The summed E-state index contributed by atoms with van der Waals surface area (Å²) in [6.45, 7) is 11.9. The number of piperazine rings is 1. The van der Waals surface area contributed by atoms with Crippen molar-refractivity contribution < 1.29 is 9.53 Å². The van der Waals surface area contributed by atoms with Gasteiger partial charge in [0, 0.05) is 51.5 Å². The Hall–Kier alpha value is -2.84. The molecule has 2 fully saturated rings. The summed E-state index contributed by atoms with van der Waals surface area (Å²) in [7, 11) is 1.70. The molecular formula is C29H39N5O2S. The van der Waals surface area contributed by atoms with Crippen LogP contribution in [-0.4, -0.2) is 75.3 Å². The lowest BCUT2D eigenvalue weighted by atomic mass is 9.97. The molecule has 1 amide bonds. The summed E-state index contributed by atoms with van der Waals surface area (Å²) in [5.74, 6) is 1.13. The molecule has 37 heavy (non-hydrogen) atoms. The Morgan fingerprint density at radius 2 is 1.86 bits per heavy atom. The van der Waals surface area contributed by atoms with Gasteiger partial charge in [-0.2, -0.15) is 0 Å². The molecule has 0 spiro atoms. The van der Waals surface area contributed by atoms with Crippen LogP contribution in [0.3, 0.4) is 0 Å². The van der Waals surface area contributed by atoms with Crippen LogP contribution in [0.15, 0.2) is 36.4 Å². The molecule has 0 radical (unpaired) electrons. The van der Waals surface area contributed by atoms with E-state index < -0.39 is 0 Å². The zero-order valence-electron chi connectivity index (χ0n) is 22.3. The number of amides is 1. The fourth-order valence-corrected chi connectivity index (χ4v) is 6.72. The lowest BCUT2D eigenvalue weighted by molar-refractivity contribution is -0.125. The minimum atomic E-state index is 0.0386. The number of piperidine rings is 1. The standard InChI is InChI=1S/C29H39N5O2S/c1-21-18-22(2)27-26(19-21)37-29(31-27)34-13-4-6-23(20-34)28(35)30-11-5-12-32-14-16-33(17-15-32)24-7-9-25(36-3)10-8-24/h7-10,18-19,23H,4-6,11-17,20H2,1-3H3,(H,30,35)/t23-/m0/s1. The van der Waals surface area contributed by atoms with Gasteiger partial charge in [0.2, 0.25) is 5.91 Å². The minimum Gasteiger partial charge on any atom is -0.497 e. The highest BCUT2D eigenvalue weighted by atomic mass is 32.1. The third-order valence-corrected chi connectivity index (χ3v) is 8.70. The van der Waals surface area contributed by atoms with E-state index in [-0.39, 0.29) is 11.8 Å². The summed E-state index contributed by atoms with van der Waals surface area (Å²) in [5, 5.41) is 4.27. The second kappa shape index (κ2) is 11.7. The number of methoxy groups -OCH3 is 1. The topological polar surface area (TPSA) is 60.9 Å². The highest BCUT2D eigenvalue weighted by Crippen LogP contribution is 2.33. The number of carbonyl (C=O) groups excluding carboxylic acids is 1. The van der Waals surface area contributed by atoms with Gasteiger partial charge in [0.25, 0.3) is 0 Å². The maximum absolute atomic E-state index is 13.0. The first kappa shape index (κ1) is 25.8. The van der Waals surface area contributed by atoms with Gasteiger partial charge in [-0.05, 0) is 81.1 Å². The van der Waals surface area contributed by atoms with E-state index in [1.165, 1.54) is 21.5 Å². The summed E-state index contributed by atoms with van der Waals surface area (Å²) in [6, 6.07) is 12.7. The highest BCUT2D eigenvalue weighted by Gasteiger charge is 2.27. The van der Waals surface area contributed by atoms with Gasteiger partial charge >= 0.3 is 0 Å². The number of anilines is 2. The first-order chi connectivity index (χ1) is 18.0. The van der Waals surface area contributed by atoms with E-state index in [9.17, 15) is 4.79 Å². The van der Waals surface area contributed by atoms with Crippen LogP contribution in [0.4, 0.5) is 10.8 Å². The van der Waals surface area contributed by atoms with Gasteiger partial charge in [0.1, 0.15) is 5.75 Å². The number of ether oxygens (including phenoxy) is 1. The minimum absolute atomic E-state index is 0.0386. The number of hydrogen-bond donors (Lipinski definition) is 1. The van der Waals surface area contributed by atoms with Crippen LogP contribution in [-0.2, 0) is 4.79 Å². The Morgan fingerprint density at radius 3 is 2.62 bits per heavy atom. The van der Waals surface area contributed by atoms with Crippen LogP contribution in [0.5, 0.6) is 5.75 Å². The molecular weight excluding hydrogens is 482 g/mol. The molecule has 7 nitrogen and oxygen atoms in total. The maximum Gasteiger partial charge on any atom is 0.224 e. The number of fused-ring (bicyclic) bond motifs is 1. The van der Waals surface area contributed by atoms with Crippen molar-refractivity contribution in [3.8, 4) is 5.75 Å². The largest absolute Gasteiger partial charge is 0.497 e. The molecule has 1 N–H and O–H groups in total. The molecule has 3 aromatic rings. The van der Waals surface area contributed by atoms with Crippen molar-refractivity contribution in [1.29, 1.82) is 0 Å². The maximum atomic E-state index is 13.0. The quantitative estimate of drug-likeness (QED) is 0.442. The van der Waals surface area contributed by atoms with Crippen LogP contribution >= 0.6 is 11.3 Å². The van der Waals surface area contributed by atoms with E-state index in [0.29, 0.717) is 0 Å². The fraction of sp³-hybridized carbons (Fsp3) is 0.517. The Balaban J connectivity index is 1.04. The molecule has 5 rings (SSSR count). The number of nitrogens with one attached hydrogen (secondary N) is 1. The Morgan fingerprint density at radius 1 is 1.08 bits per heavy atom. The summed E-state index contributed by atoms with van der Waals surface area (Å²) >= 11 is 1.75. The molecule has 2 aliphatic rings. The number of benzene rings is 2. The second-order valence-electron chi connectivity index (χ2n) is 10.4. The van der Waals surface area contributed by atoms with Crippen LogP contribution in [0.1, 0.15) is 30.4 Å². The highest BCUT2D eigenvalue weighted by molar-refractivity contribution is 7.22. The summed E-state index contributed by atoms with van der Waals surface area (Å²) in [6.07, 6.45) is 2.98. The first-order valence-corrected chi connectivity index (χ1v) is 14.3. The van der Waals surface area contributed by atoms with Gasteiger partial charge in [-0.25, -0.2) is 4.98 Å². The molecule has 3 heterocycles. The normalized spacial score (nSPS) is 18.8. The van der Waals surface area contributed by atoms with E-state index in [4.69, 9.17) is 9.72 Å². The average molecular weight is 522 g/mol. The van der Waals surface area contributed by atoms with Gasteiger partial charge in [0.05, 0.1) is 23.2 Å². The van der Waals surface area contributed by atoms with Crippen LogP contribution in [0.2, 0.25) is 0 Å². The third-order valence-electron chi connectivity index (χ3n) is 7.64. The zero-order chi connectivity index (χ0) is 25.8. The molecule has 0 aliphatic carbocycles. The molecule has 0 bridgehead atoms. The zero-order valence-corrected chi connectivity index (χ0v) is 23.1. The molecule has 8 heteroatoms. The SMILES string of the molecule is COc1ccc(N2CCN(CCCNC(=O)[C@H]3CCCN(c4nc5c(C)cc(C)cc5s4)C3)CC2)cc1. The van der Waals surface area contributed by atoms with Gasteiger partial charge in [-0.15, -0.1) is 0 Å². The molecule has 2 saturated heterocycles. The van der Waals surface area contributed by atoms with Crippen LogP contribution < -0.4 is 19.9 Å². The molecule has 1 aromatic heterocycles. The predicted octanol–water partition coefficient (Wildman–Crippen LogP) is 4.47. The Bertz CT molecular complexity index is 1200. The van der Waals surface area contributed by atoms with Crippen molar-refractivity contribution >= 4 is 38.3 Å². The van der Waals surface area contributed by atoms with Gasteiger partial charge in [-0.1, -0.05) is 17.4 Å². The smallest absolute Gasteiger partial charge is 0.224 e. The molecule has 2 aromatic carbocycles. The molecule has 198 valence electrons. The lowest BCUT2D eigenvalue weighted by Gasteiger charge is -2.36. The van der Waals surface area contributed by atoms with Crippen molar-refractivity contribution in [2.75, 3.05) is 69.3 Å². The number of aryl methyl sites for hydroxylation is 2. The molecule has 0 unspecified atom stereocenters. The lowest BCUT2D eigenvalue weighted by Crippen LogP contribution is -2.47. The van der Waals surface area contributed by atoms with Gasteiger partial charge in [0.15, 0.2) is 5.13 Å². The number of rotatable bonds is 8. The van der Waals surface area contributed by atoms with E-state index in [2.05, 4.69) is 58.1 Å². The van der Waals surface area contributed by atoms with Crippen molar-refractivity contribution in [2.24, 2.45) is 5.92 Å². The number of aromatic nitrogens is 1. The summed E-state index contributed by atoms with van der Waals surface area (Å²) < 4.78 is 6.51. The number of carbonyl (C=O) groups is 1. The van der Waals surface area contributed by atoms with Crippen LogP contribution in [0, 0.1) is 19.8 Å². The van der Waals surface area contributed by atoms with E-state index >= 15 is 0 Å². The van der Waals surface area contributed by atoms with Crippen molar-refractivity contribution in [3.63, 3.8) is 0 Å². The van der Waals surface area contributed by atoms with Gasteiger partial charge < -0.3 is 19.9 Å². The van der Waals surface area contributed by atoms with Crippen molar-refractivity contribution in [1.82, 2.24) is 15.2 Å². The molecule has 2 aliphatic heterocycles. The van der Waals surface area contributed by atoms with E-state index in [1.807, 2.05) is 12.1 Å². The van der Waals surface area contributed by atoms with Crippen molar-refractivity contribution in [3.05, 3.63) is 47.5 Å². The third kappa shape index (κ3) is 6.18. The van der Waals surface area contributed by atoms with E-state index in [0.717, 1.165) is 88.0 Å². The van der Waals surface area contributed by atoms with E-state index in [1.54, 1.807) is 18.4 Å². The first-order valence-electron chi connectivity index (χ1n) is 13.5. The number of nitrogens with zero attached hydrogens (tertiary/aromatic N) is 4. The second-order valence-corrected chi connectivity index (χ2v) is 11.4. The summed E-state index contributed by atoms with van der Waals surface area (Å²) in [5.41, 5.74) is 4.86. The Kier molecular flexibility index (Phi) is 8.15. The number of thiazole rings is 1. The monoisotopic (exact) mass is 521 g/mol. The molecule has 0 saturated carbocycles. The summed E-state index contributed by atoms with van der Waals surface area (Å²) in [4.78, 5) is 25.1. The molecule has 1 atom stereocenters. The van der Waals surface area contributed by atoms with Crippen molar-refractivity contribution in [2.45, 2.75) is 33.1 Å². The number of hydrogen-bond acceptors (Lipinski definition) is 7. The predicted molar refractivity (Wildman–Crippen MR) is 153 cm³/mol. The Labute approximate surface area is 224 Å². The van der Waals surface area contributed by atoms with Gasteiger partial charge in [-0.3, -0.25) is 9.69 Å². The average Bonchev–Trinajstić information content (AvgIpc) is 3.36. The van der Waals surface area contributed by atoms with Crippen LogP contribution in [0.25, 0.3) is 10.2 Å². The fourth-order valence-electron chi connectivity index (χ4n) is 5.54.